The Kier molecular flexibility index (Phi) is 4.81. The van der Waals surface area contributed by atoms with Crippen molar-refractivity contribution in [3.05, 3.63) is 64.2 Å². The minimum absolute atomic E-state index is 0.0562. The van der Waals surface area contributed by atoms with Crippen molar-refractivity contribution in [2.75, 3.05) is 0 Å². The van der Waals surface area contributed by atoms with E-state index >= 15 is 0 Å². The van der Waals surface area contributed by atoms with Crippen molar-refractivity contribution in [3.8, 4) is 5.69 Å². The summed E-state index contributed by atoms with van der Waals surface area (Å²) in [6, 6.07) is 8.19. The van der Waals surface area contributed by atoms with Crippen molar-refractivity contribution < 1.29 is 4.79 Å². The van der Waals surface area contributed by atoms with Gasteiger partial charge in [0.1, 0.15) is 0 Å². The van der Waals surface area contributed by atoms with Crippen LogP contribution in [0.3, 0.4) is 0 Å². The molecule has 0 bridgehead atoms. The average molecular weight is 392 g/mol. The van der Waals surface area contributed by atoms with Gasteiger partial charge in [-0.2, -0.15) is 10.2 Å². The van der Waals surface area contributed by atoms with Crippen LogP contribution in [0.5, 0.6) is 0 Å². The summed E-state index contributed by atoms with van der Waals surface area (Å²) in [5.41, 5.74) is 7.02. The Hall–Kier alpha value is -2.89. The molecule has 1 aliphatic carbocycles. The van der Waals surface area contributed by atoms with Gasteiger partial charge in [-0.3, -0.25) is 9.89 Å². The van der Waals surface area contributed by atoms with Gasteiger partial charge in [0.05, 0.1) is 23.6 Å². The number of nitrogens with one attached hydrogen (secondary N) is 2. The Morgan fingerprint density at radius 3 is 2.76 bits per heavy atom. The maximum absolute atomic E-state index is 13.0. The van der Waals surface area contributed by atoms with E-state index in [4.69, 9.17) is 5.10 Å². The first-order valence-electron chi connectivity index (χ1n) is 10.3. The molecule has 0 fully saturated rings. The van der Waals surface area contributed by atoms with Gasteiger partial charge in [-0.25, -0.2) is 4.68 Å². The fraction of sp³-hybridized carbons (Fsp3) is 0.435. The van der Waals surface area contributed by atoms with Crippen LogP contribution in [0, 0.1) is 19.3 Å². The summed E-state index contributed by atoms with van der Waals surface area (Å²) in [5.74, 6) is -0.129. The molecule has 1 aromatic carbocycles. The predicted molar refractivity (Wildman–Crippen MR) is 113 cm³/mol. The largest absolute Gasteiger partial charge is 0.344 e. The molecule has 1 amide bonds. The van der Waals surface area contributed by atoms with Gasteiger partial charge < -0.3 is 5.32 Å². The van der Waals surface area contributed by atoms with Crippen LogP contribution in [0.4, 0.5) is 0 Å². The van der Waals surface area contributed by atoms with E-state index in [2.05, 4.69) is 55.3 Å². The Bertz CT molecular complexity index is 1060. The highest BCUT2D eigenvalue weighted by molar-refractivity contribution is 5.94. The lowest BCUT2D eigenvalue weighted by molar-refractivity contribution is 0.0913. The first kappa shape index (κ1) is 19.4. The number of carbonyl (C=O) groups is 1. The third-order valence-electron chi connectivity index (χ3n) is 6.01. The molecule has 3 aromatic rings. The van der Waals surface area contributed by atoms with E-state index < -0.39 is 0 Å². The van der Waals surface area contributed by atoms with Crippen LogP contribution in [0.25, 0.3) is 5.69 Å². The lowest BCUT2D eigenvalue weighted by Gasteiger charge is -2.36. The van der Waals surface area contributed by atoms with Gasteiger partial charge >= 0.3 is 0 Å². The van der Waals surface area contributed by atoms with Crippen LogP contribution in [-0.4, -0.2) is 25.9 Å². The van der Waals surface area contributed by atoms with Gasteiger partial charge in [0.15, 0.2) is 5.69 Å². The molecule has 0 radical (unpaired) electrons. The smallest absolute Gasteiger partial charge is 0.272 e. The molecule has 2 N–H and O–H groups in total. The van der Waals surface area contributed by atoms with E-state index in [9.17, 15) is 4.79 Å². The molecule has 0 unspecified atom stereocenters. The fourth-order valence-corrected chi connectivity index (χ4v) is 4.41. The summed E-state index contributed by atoms with van der Waals surface area (Å²) >= 11 is 0. The highest BCUT2D eigenvalue weighted by atomic mass is 16.2. The van der Waals surface area contributed by atoms with Crippen molar-refractivity contribution in [2.24, 2.45) is 5.41 Å². The number of carbonyl (C=O) groups excluding carboxylic acids is 1. The maximum atomic E-state index is 13.0. The second-order valence-electron chi connectivity index (χ2n) is 8.85. The monoisotopic (exact) mass is 391 g/mol. The van der Waals surface area contributed by atoms with Crippen LogP contribution in [0.2, 0.25) is 0 Å². The Balaban J connectivity index is 1.69. The number of H-pyrrole nitrogens is 1. The number of amides is 1. The van der Waals surface area contributed by atoms with Crippen molar-refractivity contribution in [1.29, 1.82) is 0 Å². The number of benzene rings is 1. The molecule has 1 atom stereocenters. The number of para-hydroxylation sites is 1. The minimum Gasteiger partial charge on any atom is -0.344 e. The summed E-state index contributed by atoms with van der Waals surface area (Å²) in [6.07, 6.45) is 4.53. The SMILES string of the molecule is CCc1[nH]nc(C(=O)N[C@@H]2CC(C)(C)Cc3c2cnn3-c2ccccc2C)c1C. The molecule has 6 nitrogen and oxygen atoms in total. The van der Waals surface area contributed by atoms with Gasteiger partial charge in [0.25, 0.3) is 5.91 Å². The molecule has 29 heavy (non-hydrogen) atoms. The third-order valence-corrected chi connectivity index (χ3v) is 6.01. The van der Waals surface area contributed by atoms with Gasteiger partial charge in [-0.15, -0.1) is 0 Å². The number of rotatable bonds is 4. The number of hydrogen-bond acceptors (Lipinski definition) is 3. The molecule has 0 saturated carbocycles. The molecule has 0 saturated heterocycles. The van der Waals surface area contributed by atoms with E-state index in [1.54, 1.807) is 0 Å². The van der Waals surface area contributed by atoms with Crippen LogP contribution >= 0.6 is 0 Å². The molecule has 152 valence electrons. The highest BCUT2D eigenvalue weighted by Crippen LogP contribution is 2.41. The molecule has 4 rings (SSSR count). The van der Waals surface area contributed by atoms with Crippen molar-refractivity contribution >= 4 is 5.91 Å². The zero-order valence-electron chi connectivity index (χ0n) is 17.8. The summed E-state index contributed by atoms with van der Waals surface area (Å²) < 4.78 is 2.04. The molecule has 2 heterocycles. The van der Waals surface area contributed by atoms with Crippen LogP contribution in [0.15, 0.2) is 30.5 Å². The predicted octanol–water partition coefficient (Wildman–Crippen LogP) is 4.22. The number of nitrogens with zero attached hydrogens (tertiary/aromatic N) is 3. The molecule has 2 aromatic heterocycles. The van der Waals surface area contributed by atoms with Crippen molar-refractivity contribution in [3.63, 3.8) is 0 Å². The lowest BCUT2D eigenvalue weighted by Crippen LogP contribution is -2.37. The first-order valence-corrected chi connectivity index (χ1v) is 10.3. The molecular formula is C23H29N5O. The minimum atomic E-state index is -0.129. The van der Waals surface area contributed by atoms with Gasteiger partial charge in [-0.1, -0.05) is 39.0 Å². The van der Waals surface area contributed by atoms with Crippen LogP contribution < -0.4 is 5.32 Å². The zero-order valence-corrected chi connectivity index (χ0v) is 17.8. The number of aromatic nitrogens is 4. The second-order valence-corrected chi connectivity index (χ2v) is 8.85. The fourth-order valence-electron chi connectivity index (χ4n) is 4.41. The number of aromatic amines is 1. The molecule has 6 heteroatoms. The number of hydrogen-bond donors (Lipinski definition) is 2. The first-order chi connectivity index (χ1) is 13.8. The number of aryl methyl sites for hydroxylation is 2. The molecule has 0 spiro atoms. The number of fused-ring (bicyclic) bond motifs is 1. The van der Waals surface area contributed by atoms with E-state index in [0.717, 1.165) is 41.8 Å². The van der Waals surface area contributed by atoms with E-state index in [0.29, 0.717) is 5.69 Å². The second kappa shape index (κ2) is 7.17. The Morgan fingerprint density at radius 1 is 1.31 bits per heavy atom. The topological polar surface area (TPSA) is 75.6 Å². The third kappa shape index (κ3) is 3.48. The standard InChI is InChI=1S/C23H29N5O/c1-6-17-15(3)21(27-26-17)22(29)25-18-11-23(4,5)12-20-16(18)13-24-28(20)19-10-8-7-9-14(19)2/h7-10,13,18H,6,11-12H2,1-5H3,(H,25,29)(H,26,27)/t18-/m1/s1. The maximum Gasteiger partial charge on any atom is 0.272 e. The summed E-state index contributed by atoms with van der Waals surface area (Å²) in [6.45, 7) is 10.6. The van der Waals surface area contributed by atoms with Crippen molar-refractivity contribution in [2.45, 2.75) is 59.9 Å². The van der Waals surface area contributed by atoms with Gasteiger partial charge in [0.2, 0.25) is 0 Å². The Morgan fingerprint density at radius 2 is 2.07 bits per heavy atom. The van der Waals surface area contributed by atoms with Gasteiger partial charge in [0, 0.05) is 16.8 Å². The summed E-state index contributed by atoms with van der Waals surface area (Å²) in [5, 5.41) is 15.2. The van der Waals surface area contributed by atoms with E-state index in [-0.39, 0.29) is 17.4 Å². The normalized spacial score (nSPS) is 17.8. The molecule has 0 aliphatic heterocycles. The van der Waals surface area contributed by atoms with E-state index in [1.807, 2.05) is 29.9 Å². The molecule has 1 aliphatic rings. The van der Waals surface area contributed by atoms with Crippen LogP contribution in [0.1, 0.15) is 71.8 Å². The van der Waals surface area contributed by atoms with E-state index in [1.165, 1.54) is 11.3 Å². The Labute approximate surface area is 171 Å². The molecular weight excluding hydrogens is 362 g/mol. The summed E-state index contributed by atoms with van der Waals surface area (Å²) in [4.78, 5) is 13.0. The average Bonchev–Trinajstić information content (AvgIpc) is 3.24. The van der Waals surface area contributed by atoms with Crippen LogP contribution in [-0.2, 0) is 12.8 Å². The quantitative estimate of drug-likeness (QED) is 0.699. The summed E-state index contributed by atoms with van der Waals surface area (Å²) in [7, 11) is 0. The zero-order chi connectivity index (χ0) is 20.8. The highest BCUT2D eigenvalue weighted by Gasteiger charge is 2.36. The van der Waals surface area contributed by atoms with Crippen molar-refractivity contribution in [1.82, 2.24) is 25.3 Å². The van der Waals surface area contributed by atoms with Gasteiger partial charge in [-0.05, 0) is 50.2 Å². The lowest BCUT2D eigenvalue weighted by atomic mass is 9.74.